The van der Waals surface area contributed by atoms with Crippen LogP contribution in [-0.4, -0.2) is 9.97 Å². The Morgan fingerprint density at radius 3 is 0.785 bits per heavy atom. The van der Waals surface area contributed by atoms with Crippen molar-refractivity contribution < 1.29 is 4.42 Å². The number of benzene rings is 22. The van der Waals surface area contributed by atoms with Crippen LogP contribution in [0.1, 0.15) is 0 Å². The monoisotopic (exact) mass is 1670 g/mol. The summed E-state index contributed by atoms with van der Waals surface area (Å²) in [6.45, 7) is 0. The fourth-order valence-electron chi connectivity index (χ4n) is 20.2. The maximum Gasteiger partial charge on any atom is 0.227 e. The zero-order valence-corrected chi connectivity index (χ0v) is 71.7. The number of nitrogens with zero attached hydrogens (tertiary/aromatic N) is 2. The second kappa shape index (κ2) is 33.0. The van der Waals surface area contributed by atoms with E-state index in [2.05, 4.69) is 461 Å². The first kappa shape index (κ1) is 76.9. The Kier molecular flexibility index (Phi) is 19.5. The molecule has 3 nitrogen and oxygen atoms in total. The first-order chi connectivity index (χ1) is 64.5. The smallest absolute Gasteiger partial charge is 0.227 e. The summed E-state index contributed by atoms with van der Waals surface area (Å²) in [5.74, 6) is 0.602. The highest BCUT2D eigenvalue weighted by atomic mass is 32.1. The van der Waals surface area contributed by atoms with E-state index >= 15 is 0 Å². The number of para-hydroxylation sites is 2. The highest BCUT2D eigenvalue weighted by molar-refractivity contribution is 7.22. The minimum Gasteiger partial charge on any atom is -0.436 e. The van der Waals surface area contributed by atoms with Gasteiger partial charge in [0, 0.05) is 16.7 Å². The number of hydrogen-bond donors (Lipinski definition) is 0. The van der Waals surface area contributed by atoms with Gasteiger partial charge in [0.15, 0.2) is 5.58 Å². The van der Waals surface area contributed by atoms with Crippen LogP contribution in [-0.2, 0) is 0 Å². The molecule has 22 aromatic carbocycles. The van der Waals surface area contributed by atoms with Crippen LogP contribution >= 0.6 is 11.3 Å². The van der Waals surface area contributed by atoms with E-state index in [4.69, 9.17) is 14.4 Å². The molecule has 0 unspecified atom stereocenters. The molecule has 0 radical (unpaired) electrons. The molecule has 0 spiro atoms. The van der Waals surface area contributed by atoms with Gasteiger partial charge in [0.2, 0.25) is 5.89 Å². The molecule has 0 amide bonds. The third-order valence-corrected chi connectivity index (χ3v) is 27.1. The van der Waals surface area contributed by atoms with Crippen molar-refractivity contribution in [1.82, 2.24) is 9.97 Å². The highest BCUT2D eigenvalue weighted by Crippen LogP contribution is 2.56. The van der Waals surface area contributed by atoms with Gasteiger partial charge in [-0.2, -0.15) is 0 Å². The summed E-state index contributed by atoms with van der Waals surface area (Å²) in [4.78, 5) is 10.5. The van der Waals surface area contributed by atoms with Gasteiger partial charge < -0.3 is 4.42 Å². The molecule has 0 fully saturated rings. The van der Waals surface area contributed by atoms with E-state index in [1.54, 1.807) is 11.3 Å². The molecule has 24 aromatic rings. The quantitative estimate of drug-likeness (QED) is 0.0853. The Labute approximate surface area is 758 Å². The Bertz CT molecular complexity index is 8330. The van der Waals surface area contributed by atoms with Crippen molar-refractivity contribution in [1.29, 1.82) is 0 Å². The van der Waals surface area contributed by atoms with Crippen molar-refractivity contribution in [3.05, 3.63) is 485 Å². The van der Waals surface area contributed by atoms with Crippen LogP contribution in [0.4, 0.5) is 0 Å². The summed E-state index contributed by atoms with van der Waals surface area (Å²) in [7, 11) is 0. The van der Waals surface area contributed by atoms with Gasteiger partial charge in [0.25, 0.3) is 0 Å². The number of thiazole rings is 1. The topological polar surface area (TPSA) is 38.9 Å². The van der Waals surface area contributed by atoms with Crippen molar-refractivity contribution in [2.24, 2.45) is 0 Å². The molecule has 606 valence electrons. The summed E-state index contributed by atoms with van der Waals surface area (Å²) >= 11 is 1.76. The fourth-order valence-corrected chi connectivity index (χ4v) is 21.3. The lowest BCUT2D eigenvalue weighted by Gasteiger charge is -2.25. The predicted molar refractivity (Wildman–Crippen MR) is 550 cm³/mol. The van der Waals surface area contributed by atoms with E-state index in [0.29, 0.717) is 5.89 Å². The van der Waals surface area contributed by atoms with Gasteiger partial charge in [-0.15, -0.1) is 11.3 Å². The molecule has 0 atom stereocenters. The van der Waals surface area contributed by atoms with Gasteiger partial charge in [-0.3, -0.25) is 0 Å². The Morgan fingerprint density at radius 2 is 0.408 bits per heavy atom. The van der Waals surface area contributed by atoms with Crippen molar-refractivity contribution in [2.75, 3.05) is 0 Å². The summed E-state index contributed by atoms with van der Waals surface area (Å²) in [6.07, 6.45) is 0. The highest BCUT2D eigenvalue weighted by Gasteiger charge is 2.29. The number of oxazole rings is 1. The van der Waals surface area contributed by atoms with Crippen molar-refractivity contribution in [3.8, 4) is 189 Å². The number of fused-ring (bicyclic) bond motifs is 6. The SMILES string of the molecule is c1ccc(-c2cc(-c3cccc(-c4c5ccccc5c(-c5cccc(-c6nc7ccccc7o6)c5)c5ccccc45)c3)c(-c3ccccc3)c(-c3ccc(-c4cccc5nc(-c6cccc(-c7c8ccccc8c(-c8cccc(-c9cc(-c%10ccccc%10)c(-c%10ccccc%10)c(-c%10ccccc%10)c9-c9ccccc9)c8)c8ccccc78)c6)sc45)cc3)c2-c2ccccc2)cc1. The number of rotatable bonds is 17. The molecule has 0 aliphatic rings. The van der Waals surface area contributed by atoms with Gasteiger partial charge in [-0.1, -0.05) is 425 Å². The van der Waals surface area contributed by atoms with Crippen LogP contribution in [0.25, 0.3) is 253 Å². The van der Waals surface area contributed by atoms with Crippen LogP contribution in [0.5, 0.6) is 0 Å². The molecule has 0 N–H and O–H groups in total. The molecular formula is C126H80N2OS. The lowest BCUT2D eigenvalue weighted by Crippen LogP contribution is -1.98. The largest absolute Gasteiger partial charge is 0.436 e. The lowest BCUT2D eigenvalue weighted by molar-refractivity contribution is 0.620. The van der Waals surface area contributed by atoms with E-state index in [0.717, 1.165) is 149 Å². The van der Waals surface area contributed by atoms with Crippen LogP contribution in [0.3, 0.4) is 0 Å². The zero-order valence-electron chi connectivity index (χ0n) is 70.9. The molecule has 0 aliphatic heterocycles. The first-order valence-corrected chi connectivity index (χ1v) is 45.3. The average Bonchev–Trinajstić information content (AvgIpc) is 0.803. The van der Waals surface area contributed by atoms with Crippen LogP contribution in [0.2, 0.25) is 0 Å². The molecular weight excluding hydrogens is 1590 g/mol. The molecule has 2 heterocycles. The van der Waals surface area contributed by atoms with E-state index in [1.165, 1.54) is 98.7 Å². The van der Waals surface area contributed by atoms with E-state index < -0.39 is 0 Å². The molecule has 0 saturated carbocycles. The third kappa shape index (κ3) is 13.7. The molecule has 4 heteroatoms. The van der Waals surface area contributed by atoms with Crippen molar-refractivity contribution in [3.63, 3.8) is 0 Å². The number of hydrogen-bond acceptors (Lipinski definition) is 4. The fraction of sp³-hybridized carbons (Fsp3) is 0. The predicted octanol–water partition coefficient (Wildman–Crippen LogP) is 35.4. The van der Waals surface area contributed by atoms with Crippen molar-refractivity contribution in [2.45, 2.75) is 0 Å². The molecule has 2 aromatic heterocycles. The van der Waals surface area contributed by atoms with Crippen LogP contribution in [0.15, 0.2) is 490 Å². The van der Waals surface area contributed by atoms with Crippen LogP contribution < -0.4 is 0 Å². The Morgan fingerprint density at radius 1 is 0.154 bits per heavy atom. The normalized spacial score (nSPS) is 11.5. The van der Waals surface area contributed by atoms with Gasteiger partial charge in [-0.25, -0.2) is 9.97 Å². The Hall–Kier alpha value is -16.8. The summed E-state index contributed by atoms with van der Waals surface area (Å²) in [5.41, 5.74) is 39.2. The van der Waals surface area contributed by atoms with Gasteiger partial charge in [-0.05, 0) is 265 Å². The van der Waals surface area contributed by atoms with Crippen molar-refractivity contribution >= 4 is 75.7 Å². The minimum atomic E-state index is 0.602. The molecule has 24 rings (SSSR count). The first-order valence-electron chi connectivity index (χ1n) is 44.5. The van der Waals surface area contributed by atoms with Gasteiger partial charge in [0.05, 0.1) is 10.2 Å². The summed E-state index contributed by atoms with van der Waals surface area (Å²) < 4.78 is 7.52. The molecule has 0 bridgehead atoms. The van der Waals surface area contributed by atoms with Gasteiger partial charge >= 0.3 is 0 Å². The standard InChI is InChI=1S/C126H80N2OS/c1-8-37-81(38-9-1)107-79-109(120(86-45-16-5-17-46-86)122(88-49-20-7-21-50-88)118(107)84-41-12-3-13-42-84)90-51-32-53-92(75-90)115-101-61-24-28-65-105(101)117(106-66-29-25-62-102(106)115)95-56-35-58-97(78-95)126-128-112-69-36-67-98(124(112)130-126)83-71-73-89(74-72-83)123-119(85-43-14-4-15-44-85)108(82-39-10-2-11-40-82)80-110(121(123)87-47-18-6-19-48-87)91-52-33-54-93(76-91)114-99-59-22-26-63-103(99)116(104-64-27-23-60-100(104)114)94-55-34-57-96(77-94)125-127-111-68-30-31-70-113(111)129-125/h1-80H. The second-order valence-corrected chi connectivity index (χ2v) is 34.5. The summed E-state index contributed by atoms with van der Waals surface area (Å²) in [5, 5.41) is 10.4. The maximum atomic E-state index is 6.38. The molecule has 130 heavy (non-hydrogen) atoms. The average molecular weight is 1670 g/mol. The maximum absolute atomic E-state index is 6.38. The second-order valence-electron chi connectivity index (χ2n) is 33.5. The zero-order chi connectivity index (χ0) is 86.0. The van der Waals surface area contributed by atoms with E-state index in [1.807, 2.05) is 24.3 Å². The van der Waals surface area contributed by atoms with Gasteiger partial charge in [0.1, 0.15) is 10.5 Å². The van der Waals surface area contributed by atoms with E-state index in [-0.39, 0.29) is 0 Å². The summed E-state index contributed by atoms with van der Waals surface area (Å²) in [6, 6.07) is 178. The Balaban J connectivity index is 0.618. The minimum absolute atomic E-state index is 0.602. The van der Waals surface area contributed by atoms with Crippen LogP contribution in [0, 0.1) is 0 Å². The lowest BCUT2D eigenvalue weighted by atomic mass is 9.78. The third-order valence-electron chi connectivity index (χ3n) is 25.9. The number of aromatic nitrogens is 2. The molecule has 0 aliphatic carbocycles. The van der Waals surface area contributed by atoms with E-state index in [9.17, 15) is 0 Å². The molecule has 0 saturated heterocycles.